The first-order valence-electron chi connectivity index (χ1n) is 7.70. The highest BCUT2D eigenvalue weighted by Crippen LogP contribution is 2.27. The van der Waals surface area contributed by atoms with E-state index in [1.54, 1.807) is 13.8 Å². The topological polar surface area (TPSA) is 61.4 Å². The maximum Gasteiger partial charge on any atom is 0.330 e. The van der Waals surface area contributed by atoms with Gasteiger partial charge in [0.15, 0.2) is 5.54 Å². The normalized spacial score (nSPS) is 15.6. The first-order chi connectivity index (χ1) is 10.6. The smallest absolute Gasteiger partial charge is 0.330 e. The van der Waals surface area contributed by atoms with E-state index in [1.165, 1.54) is 0 Å². The number of hydrogen-bond donors (Lipinski definition) is 1. The van der Waals surface area contributed by atoms with Crippen LogP contribution in [-0.4, -0.2) is 27.4 Å². The van der Waals surface area contributed by atoms with Crippen molar-refractivity contribution in [1.82, 2.24) is 4.72 Å². The lowest BCUT2D eigenvalue weighted by atomic mass is 9.91. The van der Waals surface area contributed by atoms with Gasteiger partial charge in [-0.05, 0) is 45.8 Å². The Morgan fingerprint density at radius 2 is 1.83 bits per heavy atom. The first-order valence-corrected chi connectivity index (χ1v) is 8.85. The molecular weight excluding hydrogens is 310 g/mol. The van der Waals surface area contributed by atoms with Gasteiger partial charge >= 0.3 is 5.97 Å². The van der Waals surface area contributed by atoms with Gasteiger partial charge < -0.3 is 9.29 Å². The molecule has 0 amide bonds. The van der Waals surface area contributed by atoms with Gasteiger partial charge in [-0.2, -0.15) is 0 Å². The molecule has 0 aliphatic heterocycles. The molecule has 0 aliphatic carbocycles. The molecule has 1 aromatic rings. The molecule has 0 saturated carbocycles. The predicted molar refractivity (Wildman–Crippen MR) is 96.2 cm³/mol. The summed E-state index contributed by atoms with van der Waals surface area (Å²) in [6, 6.07) is 9.64. The van der Waals surface area contributed by atoms with Crippen LogP contribution < -0.4 is 4.72 Å². The number of carbonyl (C=O) groups is 1. The van der Waals surface area contributed by atoms with Crippen LogP contribution in [0.3, 0.4) is 0 Å². The lowest BCUT2D eigenvalue weighted by molar-refractivity contribution is -0.149. The van der Waals surface area contributed by atoms with Crippen LogP contribution in [0, 0.1) is 0 Å². The van der Waals surface area contributed by atoms with Crippen molar-refractivity contribution >= 4 is 22.9 Å². The van der Waals surface area contributed by atoms with E-state index >= 15 is 0 Å². The summed E-state index contributed by atoms with van der Waals surface area (Å²) in [6.07, 6.45) is 0.317. The second-order valence-electron chi connectivity index (χ2n) is 6.68. The molecule has 0 bridgehead atoms. The average Bonchev–Trinajstić information content (AvgIpc) is 2.47. The number of ether oxygens (including phenoxy) is 1. The summed E-state index contributed by atoms with van der Waals surface area (Å²) in [4.78, 5) is 12.4. The fourth-order valence-corrected chi connectivity index (χ4v) is 2.87. The molecule has 1 unspecified atom stereocenters. The molecule has 0 radical (unpaired) electrons. The Morgan fingerprint density at radius 1 is 1.26 bits per heavy atom. The van der Waals surface area contributed by atoms with Gasteiger partial charge in [-0.15, -0.1) is 4.72 Å². The molecule has 1 N–H and O–H groups in total. The van der Waals surface area contributed by atoms with Gasteiger partial charge in [0.25, 0.3) is 0 Å². The Hall–Kier alpha value is -1.30. The van der Waals surface area contributed by atoms with Crippen molar-refractivity contribution in [2.75, 3.05) is 6.61 Å². The SMILES string of the molecule is C=C(CC(C)(N[S@+]([O-])C(C)(C)C)C(=O)OCC)c1ccccc1. The second kappa shape index (κ2) is 7.99. The molecule has 23 heavy (non-hydrogen) atoms. The highest BCUT2D eigenvalue weighted by Gasteiger charge is 2.43. The highest BCUT2D eigenvalue weighted by atomic mass is 32.2. The molecule has 1 rings (SSSR count). The van der Waals surface area contributed by atoms with Gasteiger partial charge in [0.1, 0.15) is 4.75 Å². The number of carbonyl (C=O) groups excluding carboxylic acids is 1. The molecule has 1 aromatic carbocycles. The zero-order chi connectivity index (χ0) is 17.7. The van der Waals surface area contributed by atoms with Gasteiger partial charge in [0, 0.05) is 17.8 Å². The Morgan fingerprint density at radius 3 is 2.30 bits per heavy atom. The molecule has 0 fully saturated rings. The van der Waals surface area contributed by atoms with E-state index in [0.717, 1.165) is 11.1 Å². The monoisotopic (exact) mass is 337 g/mol. The third kappa shape index (κ3) is 5.68. The summed E-state index contributed by atoms with van der Waals surface area (Å²) in [5.41, 5.74) is 0.645. The molecule has 0 aromatic heterocycles. The second-order valence-corrected chi connectivity index (χ2v) is 8.65. The summed E-state index contributed by atoms with van der Waals surface area (Å²) in [7, 11) is 0. The van der Waals surface area contributed by atoms with Crippen molar-refractivity contribution in [3.05, 3.63) is 42.5 Å². The van der Waals surface area contributed by atoms with E-state index in [-0.39, 0.29) is 6.61 Å². The third-order valence-corrected chi connectivity index (χ3v) is 5.10. The molecule has 0 saturated heterocycles. The molecule has 128 valence electrons. The summed E-state index contributed by atoms with van der Waals surface area (Å²) in [5.74, 6) is -0.422. The van der Waals surface area contributed by atoms with Gasteiger partial charge in [-0.25, -0.2) is 4.79 Å². The molecular formula is C18H27NO3S. The number of benzene rings is 1. The van der Waals surface area contributed by atoms with Crippen molar-refractivity contribution in [1.29, 1.82) is 0 Å². The molecule has 2 atom stereocenters. The summed E-state index contributed by atoms with van der Waals surface area (Å²) < 4.78 is 20.1. The lowest BCUT2D eigenvalue weighted by Crippen LogP contribution is -2.56. The zero-order valence-electron chi connectivity index (χ0n) is 14.6. The number of nitrogens with one attached hydrogen (secondary N) is 1. The van der Waals surface area contributed by atoms with Crippen molar-refractivity contribution in [3.63, 3.8) is 0 Å². The van der Waals surface area contributed by atoms with E-state index < -0.39 is 27.6 Å². The van der Waals surface area contributed by atoms with Crippen LogP contribution in [-0.2, 0) is 20.9 Å². The number of hydrogen-bond acceptors (Lipinski definition) is 4. The van der Waals surface area contributed by atoms with Crippen LogP contribution in [0.2, 0.25) is 0 Å². The minimum absolute atomic E-state index is 0.274. The minimum Gasteiger partial charge on any atom is -0.598 e. The largest absolute Gasteiger partial charge is 0.598 e. The molecule has 0 aliphatic rings. The van der Waals surface area contributed by atoms with Crippen LogP contribution in [0.4, 0.5) is 0 Å². The Kier molecular flexibility index (Phi) is 6.86. The van der Waals surface area contributed by atoms with Crippen molar-refractivity contribution < 1.29 is 14.1 Å². The minimum atomic E-state index is -1.40. The van der Waals surface area contributed by atoms with E-state index in [1.807, 2.05) is 51.1 Å². The fourth-order valence-electron chi connectivity index (χ4n) is 2.00. The average molecular weight is 337 g/mol. The van der Waals surface area contributed by atoms with Gasteiger partial charge in [-0.3, -0.25) is 0 Å². The molecule has 4 nitrogen and oxygen atoms in total. The standard InChI is InChI=1S/C18H27NO3S/c1-7-22-16(20)18(6,19-23(21)17(3,4)5)13-14(2)15-11-9-8-10-12-15/h8-12,19H,2,7,13H2,1,3-6H3/t18?,23-/m1/s1. The van der Waals surface area contributed by atoms with Crippen LogP contribution in [0.15, 0.2) is 36.9 Å². The van der Waals surface area contributed by atoms with E-state index in [2.05, 4.69) is 11.3 Å². The molecule has 0 spiro atoms. The zero-order valence-corrected chi connectivity index (χ0v) is 15.5. The van der Waals surface area contributed by atoms with Crippen molar-refractivity contribution in [2.24, 2.45) is 0 Å². The Bertz CT molecular complexity index is 539. The van der Waals surface area contributed by atoms with Crippen LogP contribution in [0.25, 0.3) is 5.57 Å². The van der Waals surface area contributed by atoms with E-state index in [9.17, 15) is 9.35 Å². The highest BCUT2D eigenvalue weighted by molar-refractivity contribution is 7.90. The van der Waals surface area contributed by atoms with Gasteiger partial charge in [0.05, 0.1) is 6.61 Å². The third-order valence-electron chi connectivity index (χ3n) is 3.35. The van der Waals surface area contributed by atoms with Crippen LogP contribution in [0.1, 0.15) is 46.6 Å². The van der Waals surface area contributed by atoms with Crippen molar-refractivity contribution in [2.45, 2.75) is 51.3 Å². The molecule has 5 heteroatoms. The maximum absolute atomic E-state index is 12.5. The van der Waals surface area contributed by atoms with Gasteiger partial charge in [-0.1, -0.05) is 36.9 Å². The molecule has 0 heterocycles. The van der Waals surface area contributed by atoms with E-state index in [0.29, 0.717) is 6.42 Å². The summed E-state index contributed by atoms with van der Waals surface area (Å²) in [6.45, 7) is 13.4. The maximum atomic E-state index is 12.5. The van der Waals surface area contributed by atoms with E-state index in [4.69, 9.17) is 4.74 Å². The summed E-state index contributed by atoms with van der Waals surface area (Å²) >= 11 is -1.40. The van der Waals surface area contributed by atoms with Crippen molar-refractivity contribution in [3.8, 4) is 0 Å². The Labute approximate surface area is 142 Å². The first kappa shape index (κ1) is 19.7. The predicted octanol–water partition coefficient (Wildman–Crippen LogP) is 3.46. The van der Waals surface area contributed by atoms with Crippen LogP contribution in [0.5, 0.6) is 0 Å². The van der Waals surface area contributed by atoms with Crippen LogP contribution >= 0.6 is 0 Å². The quantitative estimate of drug-likeness (QED) is 0.611. The summed E-state index contributed by atoms with van der Waals surface area (Å²) in [5, 5.41) is 0. The Balaban J connectivity index is 3.00. The lowest BCUT2D eigenvalue weighted by Gasteiger charge is -2.33. The number of rotatable bonds is 7. The van der Waals surface area contributed by atoms with Gasteiger partial charge in [0.2, 0.25) is 0 Å². The number of esters is 1. The fraction of sp³-hybridized carbons (Fsp3) is 0.500.